The number of nitriles is 1. The molecule has 1 saturated heterocycles. The van der Waals surface area contributed by atoms with E-state index in [4.69, 9.17) is 10.00 Å². The lowest BCUT2D eigenvalue weighted by molar-refractivity contribution is -0.137. The molecule has 9 heteroatoms. The van der Waals surface area contributed by atoms with E-state index in [1.165, 1.54) is 13.2 Å². The van der Waals surface area contributed by atoms with E-state index in [0.29, 0.717) is 28.7 Å². The number of nitrogens with one attached hydrogen (secondary N) is 1. The number of amides is 3. The van der Waals surface area contributed by atoms with Crippen molar-refractivity contribution in [3.05, 3.63) is 59.2 Å². The highest BCUT2D eigenvalue weighted by Gasteiger charge is 2.52. The molecular weight excluding hydrogens is 411 g/mol. The van der Waals surface area contributed by atoms with E-state index in [-0.39, 0.29) is 12.1 Å². The van der Waals surface area contributed by atoms with Crippen molar-refractivity contribution in [2.75, 3.05) is 12.0 Å². The number of ether oxygens (including phenoxy) is 1. The van der Waals surface area contributed by atoms with Gasteiger partial charge >= 0.3 is 12.2 Å². The third kappa shape index (κ3) is 3.93. The number of unbranched alkanes of at least 4 members (excludes halogenated alkanes) is 1. The molecule has 162 valence electrons. The summed E-state index contributed by atoms with van der Waals surface area (Å²) in [6.07, 6.45) is -3.18. The Bertz CT molecular complexity index is 1040. The molecule has 3 amide bonds. The molecule has 2 aromatic rings. The molecule has 0 aliphatic carbocycles. The highest BCUT2D eigenvalue weighted by molar-refractivity contribution is 6.23. The van der Waals surface area contributed by atoms with E-state index >= 15 is 0 Å². The second-order valence-corrected chi connectivity index (χ2v) is 7.15. The summed E-state index contributed by atoms with van der Waals surface area (Å²) in [5.74, 6) is -0.112. The summed E-state index contributed by atoms with van der Waals surface area (Å²) >= 11 is 0. The number of benzene rings is 2. The minimum Gasteiger partial charge on any atom is -0.497 e. The zero-order chi connectivity index (χ0) is 22.8. The lowest BCUT2D eigenvalue weighted by atomic mass is 9.84. The lowest BCUT2D eigenvalue weighted by Gasteiger charge is -2.27. The molecule has 3 rings (SSSR count). The van der Waals surface area contributed by atoms with Crippen LogP contribution in [0.4, 0.5) is 23.7 Å². The molecule has 1 aliphatic heterocycles. The van der Waals surface area contributed by atoms with Crippen molar-refractivity contribution in [1.82, 2.24) is 5.32 Å². The van der Waals surface area contributed by atoms with Gasteiger partial charge in [-0.3, -0.25) is 4.79 Å². The summed E-state index contributed by atoms with van der Waals surface area (Å²) in [6, 6.07) is 10.0. The number of halogens is 3. The van der Waals surface area contributed by atoms with Crippen molar-refractivity contribution in [3.63, 3.8) is 0 Å². The van der Waals surface area contributed by atoms with E-state index < -0.39 is 34.8 Å². The fraction of sp³-hybridized carbons (Fsp3) is 0.318. The minimum absolute atomic E-state index is 0.249. The van der Waals surface area contributed by atoms with Gasteiger partial charge in [0.05, 0.1) is 30.0 Å². The first-order valence-corrected chi connectivity index (χ1v) is 9.60. The number of hydrogen-bond acceptors (Lipinski definition) is 4. The Morgan fingerprint density at radius 1 is 1.16 bits per heavy atom. The summed E-state index contributed by atoms with van der Waals surface area (Å²) in [4.78, 5) is 27.0. The van der Waals surface area contributed by atoms with Gasteiger partial charge in [0.1, 0.15) is 11.3 Å². The van der Waals surface area contributed by atoms with Gasteiger partial charge in [-0.2, -0.15) is 18.4 Å². The first kappa shape index (κ1) is 22.2. The molecule has 31 heavy (non-hydrogen) atoms. The zero-order valence-corrected chi connectivity index (χ0v) is 16.9. The third-order valence-electron chi connectivity index (χ3n) is 5.27. The maximum absolute atomic E-state index is 13.5. The van der Waals surface area contributed by atoms with Crippen molar-refractivity contribution in [3.8, 4) is 11.8 Å². The second-order valence-electron chi connectivity index (χ2n) is 7.15. The van der Waals surface area contributed by atoms with Crippen LogP contribution in [-0.4, -0.2) is 19.0 Å². The summed E-state index contributed by atoms with van der Waals surface area (Å²) in [5, 5.41) is 11.7. The number of alkyl halides is 3. The number of rotatable bonds is 6. The normalized spacial score (nSPS) is 18.6. The topological polar surface area (TPSA) is 82.4 Å². The van der Waals surface area contributed by atoms with Gasteiger partial charge in [-0.15, -0.1) is 0 Å². The molecule has 1 heterocycles. The molecule has 1 unspecified atom stereocenters. The molecule has 2 aromatic carbocycles. The first-order valence-electron chi connectivity index (χ1n) is 9.60. The van der Waals surface area contributed by atoms with Gasteiger partial charge in [0.2, 0.25) is 0 Å². The Hall–Kier alpha value is -3.54. The van der Waals surface area contributed by atoms with Crippen LogP contribution in [0.3, 0.4) is 0 Å². The third-order valence-corrected chi connectivity index (χ3v) is 5.27. The summed E-state index contributed by atoms with van der Waals surface area (Å²) in [6.45, 7) is 1.93. The molecule has 6 nitrogen and oxygen atoms in total. The maximum Gasteiger partial charge on any atom is 0.417 e. The van der Waals surface area contributed by atoms with E-state index in [2.05, 4.69) is 5.32 Å². The number of imide groups is 1. The Balaban J connectivity index is 2.09. The van der Waals surface area contributed by atoms with Crippen LogP contribution in [-0.2, 0) is 16.5 Å². The van der Waals surface area contributed by atoms with Crippen LogP contribution in [0.15, 0.2) is 42.5 Å². The molecule has 0 saturated carbocycles. The van der Waals surface area contributed by atoms with Crippen LogP contribution >= 0.6 is 0 Å². The fourth-order valence-electron chi connectivity index (χ4n) is 3.64. The number of carbonyl (C=O) groups excluding carboxylic acids is 2. The smallest absolute Gasteiger partial charge is 0.417 e. The van der Waals surface area contributed by atoms with Gasteiger partial charge in [0.25, 0.3) is 5.91 Å². The van der Waals surface area contributed by atoms with Crippen LogP contribution in [0.2, 0.25) is 0 Å². The van der Waals surface area contributed by atoms with Crippen LogP contribution in [0, 0.1) is 11.3 Å². The Kier molecular flexibility index (Phi) is 5.93. The largest absolute Gasteiger partial charge is 0.497 e. The van der Waals surface area contributed by atoms with Gasteiger partial charge in [0, 0.05) is 0 Å². The zero-order valence-electron chi connectivity index (χ0n) is 16.9. The first-order chi connectivity index (χ1) is 14.7. The van der Waals surface area contributed by atoms with Gasteiger partial charge in [-0.1, -0.05) is 31.9 Å². The number of anilines is 1. The SMILES string of the molecule is CCCCC1(c2ccc(OC)cc2)NC(=O)N(c2ccc(C#N)c(C(F)(F)F)c2)C1=O. The summed E-state index contributed by atoms with van der Waals surface area (Å²) < 4.78 is 45.3. The Labute approximate surface area is 177 Å². The monoisotopic (exact) mass is 431 g/mol. The highest BCUT2D eigenvalue weighted by atomic mass is 19.4. The molecule has 0 bridgehead atoms. The lowest BCUT2D eigenvalue weighted by Crippen LogP contribution is -2.44. The minimum atomic E-state index is -4.81. The predicted molar refractivity (Wildman–Crippen MR) is 106 cm³/mol. The van der Waals surface area contributed by atoms with Crippen molar-refractivity contribution in [1.29, 1.82) is 5.26 Å². The van der Waals surface area contributed by atoms with Crippen molar-refractivity contribution in [2.24, 2.45) is 0 Å². The number of methoxy groups -OCH3 is 1. The Morgan fingerprint density at radius 2 is 1.84 bits per heavy atom. The van der Waals surface area contributed by atoms with Crippen LogP contribution in [0.5, 0.6) is 5.75 Å². The van der Waals surface area contributed by atoms with E-state index in [1.54, 1.807) is 24.3 Å². The summed E-state index contributed by atoms with van der Waals surface area (Å²) in [5.41, 5.74) is -2.95. The second kappa shape index (κ2) is 8.30. The number of hydrogen-bond donors (Lipinski definition) is 1. The average Bonchev–Trinajstić information content (AvgIpc) is 3.01. The molecule has 0 radical (unpaired) electrons. The van der Waals surface area contributed by atoms with E-state index in [1.807, 2.05) is 6.92 Å². The molecule has 0 spiro atoms. The van der Waals surface area contributed by atoms with Crippen molar-refractivity contribution >= 4 is 17.6 Å². The van der Waals surface area contributed by atoms with E-state index in [9.17, 15) is 22.8 Å². The van der Waals surface area contributed by atoms with Gasteiger partial charge < -0.3 is 10.1 Å². The maximum atomic E-state index is 13.5. The molecule has 0 aromatic heterocycles. The summed E-state index contributed by atoms with van der Waals surface area (Å²) in [7, 11) is 1.50. The number of carbonyl (C=O) groups is 2. The molecule has 1 atom stereocenters. The molecular formula is C22H20F3N3O3. The quantitative estimate of drug-likeness (QED) is 0.671. The molecule has 1 fully saturated rings. The van der Waals surface area contributed by atoms with E-state index in [0.717, 1.165) is 18.6 Å². The number of urea groups is 1. The van der Waals surface area contributed by atoms with Crippen molar-refractivity contribution in [2.45, 2.75) is 37.9 Å². The standard InChI is InChI=1S/C22H20F3N3O3/c1-3-4-11-21(15-6-9-17(31-2)10-7-15)19(29)28(20(30)27-21)16-8-5-14(13-26)18(12-16)22(23,24)25/h5-10,12H,3-4,11H2,1-2H3,(H,27,30). The molecule has 1 aliphatic rings. The van der Waals surface area contributed by atoms with Gasteiger partial charge in [-0.05, 0) is 42.3 Å². The van der Waals surface area contributed by atoms with Gasteiger partial charge in [-0.25, -0.2) is 9.69 Å². The average molecular weight is 431 g/mol. The van der Waals surface area contributed by atoms with Crippen molar-refractivity contribution < 1.29 is 27.5 Å². The predicted octanol–water partition coefficient (Wildman–Crippen LogP) is 4.73. The number of nitrogens with zero attached hydrogens (tertiary/aromatic N) is 2. The Morgan fingerprint density at radius 3 is 2.39 bits per heavy atom. The van der Waals surface area contributed by atoms with Crippen LogP contribution in [0.25, 0.3) is 0 Å². The van der Waals surface area contributed by atoms with Crippen LogP contribution in [0.1, 0.15) is 42.9 Å². The highest BCUT2D eigenvalue weighted by Crippen LogP contribution is 2.39. The fourth-order valence-corrected chi connectivity index (χ4v) is 3.64. The van der Waals surface area contributed by atoms with Gasteiger partial charge in [0.15, 0.2) is 0 Å². The van der Waals surface area contributed by atoms with Crippen LogP contribution < -0.4 is 15.0 Å². The molecule has 1 N–H and O–H groups in total.